The topological polar surface area (TPSA) is 168 Å². The summed E-state index contributed by atoms with van der Waals surface area (Å²) in [6, 6.07) is 31.5. The molecule has 0 saturated carbocycles. The van der Waals surface area contributed by atoms with E-state index in [-0.39, 0.29) is 25.2 Å². The molecule has 2 aliphatic rings. The Morgan fingerprint density at radius 1 is 0.882 bits per heavy atom. The third-order valence-electron chi connectivity index (χ3n) is 8.98. The third kappa shape index (κ3) is 7.26. The van der Waals surface area contributed by atoms with Gasteiger partial charge in [0, 0.05) is 34.1 Å². The van der Waals surface area contributed by atoms with Crippen molar-refractivity contribution in [3.8, 4) is 11.5 Å². The van der Waals surface area contributed by atoms with Crippen LogP contribution >= 0.6 is 8.25 Å². The molecule has 4 aromatic carbocycles. The van der Waals surface area contributed by atoms with Crippen molar-refractivity contribution in [3.05, 3.63) is 131 Å². The molecule has 0 aliphatic carbocycles. The smallest absolute Gasteiger partial charge is 0.497 e. The predicted octanol–water partition coefficient (Wildman–Crippen LogP) is 5.43. The lowest BCUT2D eigenvalue weighted by molar-refractivity contribution is -0.136. The number of aliphatic hydroxyl groups excluding tert-OH is 1. The van der Waals surface area contributed by atoms with Gasteiger partial charge in [-0.05, 0) is 41.0 Å². The number of Topliss-reactive ketones (excluding diaryl/α,β-unsaturated/α-hetero) is 1. The van der Waals surface area contributed by atoms with Gasteiger partial charge in [0.05, 0.1) is 20.3 Å². The quantitative estimate of drug-likeness (QED) is 0.0924. The number of carbonyl (C=O) groups excluding carboxylic acids is 2. The van der Waals surface area contributed by atoms with Crippen molar-refractivity contribution in [1.29, 1.82) is 5.41 Å². The number of methoxy groups -OCH3 is 2. The summed E-state index contributed by atoms with van der Waals surface area (Å²) in [7, 11) is -0.115. The van der Waals surface area contributed by atoms with E-state index in [1.165, 1.54) is 4.90 Å². The first-order valence-corrected chi connectivity index (χ1v) is 17.3. The maximum Gasteiger partial charge on any atom is 0.719 e. The molecule has 2 saturated heterocycles. The number of benzene rings is 4. The molecule has 2 fully saturated rings. The molecule has 2 aliphatic heterocycles. The fraction of sp³-hybridized carbons (Fsp3) is 0.270. The summed E-state index contributed by atoms with van der Waals surface area (Å²) in [5.41, 5.74) is 0.798. The van der Waals surface area contributed by atoms with Gasteiger partial charge in [0.15, 0.2) is 11.9 Å². The number of nitrogens with zero attached hydrogens (tertiary/aromatic N) is 2. The average Bonchev–Trinajstić information content (AvgIpc) is 3.55. The Bertz CT molecular complexity index is 1810. The molecular formula is C37H37N3O10P+. The van der Waals surface area contributed by atoms with Crippen LogP contribution in [-0.4, -0.2) is 82.9 Å². The molecule has 0 spiro atoms. The highest BCUT2D eigenvalue weighted by molar-refractivity contribution is 7.32. The summed E-state index contributed by atoms with van der Waals surface area (Å²) in [6.07, 6.45) is -5.25. The van der Waals surface area contributed by atoms with Crippen LogP contribution in [0.1, 0.15) is 39.9 Å². The van der Waals surface area contributed by atoms with Gasteiger partial charge in [-0.25, -0.2) is 4.79 Å². The van der Waals surface area contributed by atoms with Gasteiger partial charge in [0.2, 0.25) is 0 Å². The van der Waals surface area contributed by atoms with Crippen LogP contribution in [0.5, 0.6) is 11.5 Å². The van der Waals surface area contributed by atoms with Crippen LogP contribution in [0.15, 0.2) is 109 Å². The highest BCUT2D eigenvalue weighted by Crippen LogP contribution is 2.45. The van der Waals surface area contributed by atoms with Crippen molar-refractivity contribution in [2.45, 2.75) is 43.0 Å². The molecule has 2 amide bonds. The number of ether oxygens (including phenoxy) is 4. The molecule has 13 nitrogen and oxygen atoms in total. The van der Waals surface area contributed by atoms with Crippen LogP contribution < -0.4 is 9.47 Å². The van der Waals surface area contributed by atoms with Crippen LogP contribution in [0, 0.1) is 5.41 Å². The van der Waals surface area contributed by atoms with Crippen molar-refractivity contribution >= 4 is 25.9 Å². The summed E-state index contributed by atoms with van der Waals surface area (Å²) >= 11 is 0. The van der Waals surface area contributed by atoms with Crippen molar-refractivity contribution in [1.82, 2.24) is 9.96 Å². The van der Waals surface area contributed by atoms with Crippen LogP contribution in [-0.2, 0) is 24.3 Å². The van der Waals surface area contributed by atoms with E-state index < -0.39 is 50.2 Å². The number of hydrogen-bond donors (Lipinski definition) is 3. The van der Waals surface area contributed by atoms with Crippen LogP contribution in [0.25, 0.3) is 0 Å². The van der Waals surface area contributed by atoms with Crippen LogP contribution in [0.4, 0.5) is 4.79 Å². The Morgan fingerprint density at radius 3 is 1.94 bits per heavy atom. The number of amidine groups is 1. The molecule has 6 rings (SSSR count). The molecule has 2 unspecified atom stereocenters. The molecule has 264 valence electrons. The molecule has 0 radical (unpaired) electrons. The van der Waals surface area contributed by atoms with E-state index >= 15 is 0 Å². The molecule has 5 atom stereocenters. The lowest BCUT2D eigenvalue weighted by Crippen LogP contribution is -2.55. The van der Waals surface area contributed by atoms with Gasteiger partial charge in [-0.2, -0.15) is 0 Å². The minimum absolute atomic E-state index is 0.00759. The fourth-order valence-electron chi connectivity index (χ4n) is 6.47. The molecule has 3 N–H and O–H groups in total. The van der Waals surface area contributed by atoms with Crippen molar-refractivity contribution < 1.29 is 47.7 Å². The van der Waals surface area contributed by atoms with E-state index in [0.717, 1.165) is 0 Å². The zero-order valence-corrected chi connectivity index (χ0v) is 28.7. The van der Waals surface area contributed by atoms with E-state index in [1.807, 2.05) is 54.6 Å². The maximum atomic E-state index is 14.7. The maximum absolute atomic E-state index is 14.7. The number of ketones is 1. The number of hydrogen-bond acceptors (Lipinski definition) is 10. The highest BCUT2D eigenvalue weighted by atomic mass is 31.1. The Labute approximate surface area is 295 Å². The number of rotatable bonds is 13. The number of amides is 2. The monoisotopic (exact) mass is 714 g/mol. The van der Waals surface area contributed by atoms with Gasteiger partial charge in [-0.3, -0.25) is 15.1 Å². The Balaban J connectivity index is 1.48. The number of hydroxylamine groups is 2. The molecule has 0 bridgehead atoms. The summed E-state index contributed by atoms with van der Waals surface area (Å²) in [5.74, 6) is 0.424. The van der Waals surface area contributed by atoms with Gasteiger partial charge < -0.3 is 24.1 Å². The van der Waals surface area contributed by atoms with Gasteiger partial charge in [-0.15, -0.1) is 9.96 Å². The summed E-state index contributed by atoms with van der Waals surface area (Å²) in [5, 5.41) is 20.1. The number of carbonyl (C=O) groups is 2. The van der Waals surface area contributed by atoms with Crippen molar-refractivity contribution in [2.24, 2.45) is 0 Å². The third-order valence-corrected chi connectivity index (χ3v) is 9.29. The second-order valence-electron chi connectivity index (χ2n) is 11.9. The zero-order valence-electron chi connectivity index (χ0n) is 27.8. The lowest BCUT2D eigenvalue weighted by Gasteiger charge is -2.40. The predicted molar refractivity (Wildman–Crippen MR) is 184 cm³/mol. The van der Waals surface area contributed by atoms with Crippen molar-refractivity contribution in [2.75, 3.05) is 20.8 Å². The second-order valence-corrected chi connectivity index (χ2v) is 12.6. The molecular weight excluding hydrogens is 677 g/mol. The normalized spacial score (nSPS) is 20.2. The van der Waals surface area contributed by atoms with Gasteiger partial charge in [0.25, 0.3) is 0 Å². The van der Waals surface area contributed by atoms with Gasteiger partial charge >= 0.3 is 14.3 Å². The average molecular weight is 715 g/mol. The van der Waals surface area contributed by atoms with E-state index in [2.05, 4.69) is 0 Å². The minimum atomic E-state index is -3.24. The number of nitrogens with one attached hydrogen (secondary N) is 1. The first-order chi connectivity index (χ1) is 24.7. The fourth-order valence-corrected chi connectivity index (χ4v) is 6.78. The summed E-state index contributed by atoms with van der Waals surface area (Å²) in [4.78, 5) is 38.5. The van der Waals surface area contributed by atoms with E-state index in [9.17, 15) is 24.2 Å². The molecule has 51 heavy (non-hydrogen) atoms. The Kier molecular flexibility index (Phi) is 10.9. The summed E-state index contributed by atoms with van der Waals surface area (Å²) in [6.45, 7) is 0.00759. The van der Waals surface area contributed by atoms with E-state index in [1.54, 1.807) is 68.8 Å². The minimum Gasteiger partial charge on any atom is -0.497 e. The largest absolute Gasteiger partial charge is 0.719 e. The zero-order chi connectivity index (χ0) is 36.1. The van der Waals surface area contributed by atoms with Crippen LogP contribution in [0.2, 0.25) is 0 Å². The number of aliphatic hydroxyl groups is 1. The molecule has 2 heterocycles. The highest BCUT2D eigenvalue weighted by Gasteiger charge is 2.52. The van der Waals surface area contributed by atoms with Crippen molar-refractivity contribution in [3.63, 3.8) is 0 Å². The second kappa shape index (κ2) is 15.5. The van der Waals surface area contributed by atoms with Crippen LogP contribution in [0.3, 0.4) is 0 Å². The van der Waals surface area contributed by atoms with E-state index in [4.69, 9.17) is 29.0 Å². The first-order valence-electron chi connectivity index (χ1n) is 16.1. The molecule has 0 aromatic heterocycles. The van der Waals surface area contributed by atoms with Gasteiger partial charge in [0.1, 0.15) is 35.3 Å². The Morgan fingerprint density at radius 2 is 1.41 bits per heavy atom. The SMILES string of the molecule is COc1ccc(C(OC(C(=O)c2ccccc2)[C@H]2O[C@@H](N3CCC(=N)N(O[P+](=O)O)C3=O)C[C@@H]2O)(c2ccccc2)c2ccc(OC)cc2)cc1. The van der Waals surface area contributed by atoms with E-state index in [0.29, 0.717) is 38.8 Å². The summed E-state index contributed by atoms with van der Waals surface area (Å²) < 4.78 is 40.6. The Hall–Kier alpha value is -5.01. The molecule has 4 aromatic rings. The standard InChI is InChI=1S/C37H36N3O10P/c1-46-28-17-13-26(14-18-28)37(25-11-7-4-8-12-25,27-15-19-29(47-2)20-16-27)49-35(33(42)24-9-5-3-6-10-24)34-30(41)23-32(48-34)39-22-21-31(38)40(36(39)43)50-51(44)45/h3-20,30,32,34-35,38,41H,21-23H2,1-2H3/p+1/t30-,32+,34-,35?/m0/s1. The lowest BCUT2D eigenvalue weighted by atomic mass is 9.79. The van der Waals surface area contributed by atoms with Gasteiger partial charge in [-0.1, -0.05) is 84.9 Å². The molecule has 14 heteroatoms. The first kappa shape index (κ1) is 35.8. The number of urea groups is 1.